The van der Waals surface area contributed by atoms with Crippen LogP contribution in [0.3, 0.4) is 0 Å². The van der Waals surface area contributed by atoms with Crippen LogP contribution < -0.4 is 5.32 Å². The molecule has 114 valence electrons. The highest BCUT2D eigenvalue weighted by Gasteiger charge is 2.45. The Hall–Kier alpha value is -1.20. The molecule has 2 saturated heterocycles. The van der Waals surface area contributed by atoms with Crippen molar-refractivity contribution in [1.29, 1.82) is 0 Å². The number of rotatable bonds is 2. The van der Waals surface area contributed by atoms with Crippen molar-refractivity contribution in [3.63, 3.8) is 0 Å². The minimum absolute atomic E-state index is 0.0793. The van der Waals surface area contributed by atoms with E-state index in [2.05, 4.69) is 5.32 Å². The summed E-state index contributed by atoms with van der Waals surface area (Å²) in [5.41, 5.74) is -0.233. The summed E-state index contributed by atoms with van der Waals surface area (Å²) in [6, 6.07) is 1.85. The lowest BCUT2D eigenvalue weighted by molar-refractivity contribution is 0.0706. The molecular formula is C15H17ClF2N2O. The van der Waals surface area contributed by atoms with Gasteiger partial charge in [0.15, 0.2) is 0 Å². The van der Waals surface area contributed by atoms with E-state index in [-0.39, 0.29) is 16.6 Å². The molecule has 3 atom stereocenters. The summed E-state index contributed by atoms with van der Waals surface area (Å²) in [5, 5.41) is 3.02. The third kappa shape index (κ3) is 2.42. The normalized spacial score (nSPS) is 28.0. The first-order chi connectivity index (χ1) is 10.0. The molecule has 3 rings (SSSR count). The van der Waals surface area contributed by atoms with Gasteiger partial charge in [-0.05, 0) is 30.4 Å². The van der Waals surface area contributed by atoms with Gasteiger partial charge < -0.3 is 10.2 Å². The lowest BCUT2D eigenvalue weighted by Crippen LogP contribution is -2.40. The number of halogens is 3. The number of carbonyl (C=O) groups excluding carboxylic acids is 1. The van der Waals surface area contributed by atoms with Crippen LogP contribution in [0.5, 0.6) is 0 Å². The number of hydrogen-bond donors (Lipinski definition) is 1. The Labute approximate surface area is 127 Å². The fourth-order valence-corrected chi connectivity index (χ4v) is 3.77. The third-order valence-corrected chi connectivity index (χ3v) is 4.93. The number of likely N-dealkylation sites (tertiary alicyclic amines) is 1. The van der Waals surface area contributed by atoms with Gasteiger partial charge in [0.2, 0.25) is 0 Å². The summed E-state index contributed by atoms with van der Waals surface area (Å²) in [7, 11) is 0. The van der Waals surface area contributed by atoms with E-state index in [4.69, 9.17) is 11.6 Å². The summed E-state index contributed by atoms with van der Waals surface area (Å²) < 4.78 is 27.5. The number of benzene rings is 1. The molecule has 0 bridgehead atoms. The second-order valence-corrected chi connectivity index (χ2v) is 6.17. The van der Waals surface area contributed by atoms with Crippen LogP contribution in [0.4, 0.5) is 8.78 Å². The van der Waals surface area contributed by atoms with E-state index >= 15 is 0 Å². The van der Waals surface area contributed by atoms with Gasteiger partial charge in [-0.2, -0.15) is 0 Å². The Morgan fingerprint density at radius 3 is 2.86 bits per heavy atom. The van der Waals surface area contributed by atoms with Crippen molar-refractivity contribution >= 4 is 17.5 Å². The quantitative estimate of drug-likeness (QED) is 0.851. The smallest absolute Gasteiger partial charge is 0.257 e. The van der Waals surface area contributed by atoms with E-state index in [1.807, 2.05) is 6.92 Å². The van der Waals surface area contributed by atoms with Gasteiger partial charge >= 0.3 is 0 Å². The Balaban J connectivity index is 1.90. The number of amides is 1. The van der Waals surface area contributed by atoms with Gasteiger partial charge in [-0.1, -0.05) is 18.5 Å². The Bertz CT molecular complexity index is 581. The molecular weight excluding hydrogens is 298 g/mol. The summed E-state index contributed by atoms with van der Waals surface area (Å²) in [4.78, 5) is 14.3. The molecule has 21 heavy (non-hydrogen) atoms. The molecule has 1 aromatic rings. The lowest BCUT2D eigenvalue weighted by Gasteiger charge is -2.27. The molecule has 0 saturated carbocycles. The average Bonchev–Trinajstić information content (AvgIpc) is 3.02. The molecule has 1 N–H and O–H groups in total. The van der Waals surface area contributed by atoms with Gasteiger partial charge in [0.05, 0.1) is 10.6 Å². The fraction of sp³-hybridized carbons (Fsp3) is 0.533. The topological polar surface area (TPSA) is 32.3 Å². The molecule has 2 aliphatic heterocycles. The van der Waals surface area contributed by atoms with E-state index in [1.165, 1.54) is 0 Å². The first-order valence-electron chi connectivity index (χ1n) is 7.19. The third-order valence-electron chi connectivity index (χ3n) is 4.64. The first-order valence-corrected chi connectivity index (χ1v) is 7.57. The van der Waals surface area contributed by atoms with E-state index in [0.29, 0.717) is 18.4 Å². The highest BCUT2D eigenvalue weighted by molar-refractivity contribution is 6.30. The Morgan fingerprint density at radius 1 is 1.38 bits per heavy atom. The van der Waals surface area contributed by atoms with Crippen LogP contribution in [0.15, 0.2) is 12.1 Å². The SMILES string of the molecule is CCC1C2CNCC2CN1C(=O)c1cc(F)c(Cl)cc1F. The van der Waals surface area contributed by atoms with Crippen LogP contribution in [0.2, 0.25) is 5.02 Å². The second kappa shape index (κ2) is 5.54. The predicted octanol–water partition coefficient (Wildman–Crippen LogP) is 2.69. The molecule has 0 aromatic heterocycles. The van der Waals surface area contributed by atoms with E-state index < -0.39 is 17.5 Å². The largest absolute Gasteiger partial charge is 0.335 e. The van der Waals surface area contributed by atoms with Crippen LogP contribution in [0.25, 0.3) is 0 Å². The maximum Gasteiger partial charge on any atom is 0.257 e. The van der Waals surface area contributed by atoms with Gasteiger partial charge in [0.25, 0.3) is 5.91 Å². The monoisotopic (exact) mass is 314 g/mol. The highest BCUT2D eigenvalue weighted by Crippen LogP contribution is 2.35. The van der Waals surface area contributed by atoms with Crippen molar-refractivity contribution < 1.29 is 13.6 Å². The lowest BCUT2D eigenvalue weighted by atomic mass is 9.93. The second-order valence-electron chi connectivity index (χ2n) is 5.76. The fourth-order valence-electron chi connectivity index (χ4n) is 3.62. The van der Waals surface area contributed by atoms with Crippen molar-refractivity contribution in [3.8, 4) is 0 Å². The molecule has 0 spiro atoms. The van der Waals surface area contributed by atoms with E-state index in [9.17, 15) is 13.6 Å². The molecule has 1 amide bonds. The zero-order valence-electron chi connectivity index (χ0n) is 11.7. The van der Waals surface area contributed by atoms with Crippen LogP contribution in [-0.4, -0.2) is 36.5 Å². The number of nitrogens with zero attached hydrogens (tertiary/aromatic N) is 1. The molecule has 2 aliphatic rings. The maximum absolute atomic E-state index is 13.9. The number of nitrogens with one attached hydrogen (secondary N) is 1. The summed E-state index contributed by atoms with van der Waals surface area (Å²) >= 11 is 5.54. The molecule has 1 aromatic carbocycles. The first kappa shape index (κ1) is 14.7. The average molecular weight is 315 g/mol. The van der Waals surface area contributed by atoms with Crippen molar-refractivity contribution in [2.45, 2.75) is 19.4 Å². The molecule has 6 heteroatoms. The molecule has 2 fully saturated rings. The van der Waals surface area contributed by atoms with Crippen molar-refractivity contribution in [2.75, 3.05) is 19.6 Å². The van der Waals surface area contributed by atoms with Gasteiger partial charge in [0.1, 0.15) is 11.6 Å². The number of hydrogen-bond acceptors (Lipinski definition) is 2. The zero-order chi connectivity index (χ0) is 15.1. The van der Waals surface area contributed by atoms with E-state index in [1.54, 1.807) is 4.90 Å². The van der Waals surface area contributed by atoms with Crippen LogP contribution in [0, 0.1) is 23.5 Å². The van der Waals surface area contributed by atoms with Crippen molar-refractivity contribution in [2.24, 2.45) is 11.8 Å². The summed E-state index contributed by atoms with van der Waals surface area (Å²) in [6.45, 7) is 4.37. The predicted molar refractivity (Wildman–Crippen MR) is 76.3 cm³/mol. The van der Waals surface area contributed by atoms with Gasteiger partial charge in [-0.25, -0.2) is 8.78 Å². The minimum atomic E-state index is -0.768. The minimum Gasteiger partial charge on any atom is -0.335 e. The van der Waals surface area contributed by atoms with Crippen molar-refractivity contribution in [3.05, 3.63) is 34.4 Å². The van der Waals surface area contributed by atoms with Crippen LogP contribution in [-0.2, 0) is 0 Å². The molecule has 2 heterocycles. The molecule has 3 nitrogen and oxygen atoms in total. The maximum atomic E-state index is 13.9. The van der Waals surface area contributed by atoms with Crippen molar-refractivity contribution in [1.82, 2.24) is 10.2 Å². The van der Waals surface area contributed by atoms with Gasteiger partial charge in [0, 0.05) is 25.7 Å². The molecule has 3 unspecified atom stereocenters. The Kier molecular flexibility index (Phi) is 3.88. The Morgan fingerprint density at radius 2 is 2.14 bits per heavy atom. The molecule has 0 aliphatic carbocycles. The standard InChI is InChI=1S/C15H17ClF2N2O/c1-2-14-10-6-19-5-8(10)7-20(14)15(21)9-3-13(18)11(16)4-12(9)17/h3-4,8,10,14,19H,2,5-7H2,1H3. The van der Waals surface area contributed by atoms with E-state index in [0.717, 1.165) is 31.6 Å². The zero-order valence-corrected chi connectivity index (χ0v) is 12.5. The number of fused-ring (bicyclic) bond motifs is 1. The van der Waals surface area contributed by atoms with Crippen LogP contribution in [0.1, 0.15) is 23.7 Å². The highest BCUT2D eigenvalue weighted by atomic mass is 35.5. The van der Waals surface area contributed by atoms with Gasteiger partial charge in [-0.15, -0.1) is 0 Å². The summed E-state index contributed by atoms with van der Waals surface area (Å²) in [5.74, 6) is -1.17. The van der Waals surface area contributed by atoms with Gasteiger partial charge in [-0.3, -0.25) is 4.79 Å². The number of carbonyl (C=O) groups is 1. The summed E-state index contributed by atoms with van der Waals surface area (Å²) in [6.07, 6.45) is 0.812. The molecule has 0 radical (unpaired) electrons. The van der Waals surface area contributed by atoms with Crippen LogP contribution >= 0.6 is 11.6 Å².